The predicted molar refractivity (Wildman–Crippen MR) is 50.0 cm³/mol. The Balaban J connectivity index is 0.000000213. The minimum absolute atomic E-state index is 0. The molecule has 2 aliphatic carbocycles. The van der Waals surface area contributed by atoms with Gasteiger partial charge in [-0.05, 0) is 17.7 Å². The second kappa shape index (κ2) is 3.60. The van der Waals surface area contributed by atoms with E-state index < -0.39 is 0 Å². The Morgan fingerprint density at radius 2 is 1.83 bits per heavy atom. The molecule has 0 aromatic heterocycles. The summed E-state index contributed by atoms with van der Waals surface area (Å²) in [7, 11) is 4.14. The van der Waals surface area contributed by atoms with Crippen molar-refractivity contribution < 1.29 is 10.0 Å². The minimum Gasteiger partial charge on any atom is -0.429 e. The number of nitrogens with zero attached hydrogens (tertiary/aromatic N) is 1. The number of hydrogen-bond acceptors (Lipinski definition) is 3. The summed E-state index contributed by atoms with van der Waals surface area (Å²) in [6, 6.07) is 6.52. The van der Waals surface area contributed by atoms with Crippen LogP contribution in [0.2, 0.25) is 0 Å². The standard InChI is InChI=1S/C8H9N.BH2O2/c1-9(2)8-4-3-6-5-7(6)8;2-1-3/h3-5H,1-2H3;2-3H. The molecule has 0 spiro atoms. The maximum absolute atomic E-state index is 7.00. The summed E-state index contributed by atoms with van der Waals surface area (Å²) in [4.78, 5) is 2.14. The average Bonchev–Trinajstić information content (AvgIpc) is 2.63. The molecule has 2 N–H and O–H groups in total. The topological polar surface area (TPSA) is 43.7 Å². The lowest BCUT2D eigenvalue weighted by molar-refractivity contribution is 0.448. The van der Waals surface area contributed by atoms with Crippen molar-refractivity contribution in [2.24, 2.45) is 0 Å². The summed E-state index contributed by atoms with van der Waals surface area (Å²) >= 11 is 0. The van der Waals surface area contributed by atoms with Crippen LogP contribution in [-0.2, 0) is 0 Å². The molecular formula is C8H11BNO2. The molecule has 0 fully saturated rings. The van der Waals surface area contributed by atoms with Crippen molar-refractivity contribution in [3.8, 4) is 11.1 Å². The van der Waals surface area contributed by atoms with Gasteiger partial charge in [0, 0.05) is 25.3 Å². The monoisotopic (exact) mass is 164 g/mol. The van der Waals surface area contributed by atoms with E-state index in [9.17, 15) is 0 Å². The zero-order chi connectivity index (χ0) is 9.14. The van der Waals surface area contributed by atoms with Crippen LogP contribution in [0.5, 0.6) is 0 Å². The highest BCUT2D eigenvalue weighted by Gasteiger charge is 2.17. The second-order valence-electron chi connectivity index (χ2n) is 2.74. The summed E-state index contributed by atoms with van der Waals surface area (Å²) in [5.41, 5.74) is 4.20. The highest BCUT2D eigenvalue weighted by molar-refractivity contribution is 6.13. The lowest BCUT2D eigenvalue weighted by Crippen LogP contribution is -2.06. The van der Waals surface area contributed by atoms with Crippen LogP contribution in [0.25, 0.3) is 11.1 Å². The fourth-order valence-corrected chi connectivity index (χ4v) is 1.13. The molecule has 0 aliphatic heterocycles. The molecular weight excluding hydrogens is 153 g/mol. The van der Waals surface area contributed by atoms with Crippen molar-refractivity contribution >= 4 is 13.4 Å². The number of anilines is 1. The first-order valence-corrected chi connectivity index (χ1v) is 3.62. The van der Waals surface area contributed by atoms with Crippen LogP contribution in [0, 0.1) is 0 Å². The van der Waals surface area contributed by atoms with E-state index in [0.29, 0.717) is 0 Å². The van der Waals surface area contributed by atoms with Crippen molar-refractivity contribution in [2.45, 2.75) is 0 Å². The molecule has 0 unspecified atom stereocenters. The van der Waals surface area contributed by atoms with Gasteiger partial charge in [-0.1, -0.05) is 6.07 Å². The van der Waals surface area contributed by atoms with Gasteiger partial charge in [0.15, 0.2) is 0 Å². The molecule has 0 amide bonds. The fraction of sp³-hybridized carbons (Fsp3) is 0.250. The van der Waals surface area contributed by atoms with Gasteiger partial charge < -0.3 is 14.9 Å². The quantitative estimate of drug-likeness (QED) is 0.593. The third kappa shape index (κ3) is 1.78. The summed E-state index contributed by atoms with van der Waals surface area (Å²) in [5, 5.41) is 14.0. The Morgan fingerprint density at radius 1 is 1.25 bits per heavy atom. The highest BCUT2D eigenvalue weighted by atomic mass is 16.4. The van der Waals surface area contributed by atoms with E-state index in [1.54, 1.807) is 0 Å². The zero-order valence-corrected chi connectivity index (χ0v) is 7.15. The lowest BCUT2D eigenvalue weighted by atomic mass is 10.4. The van der Waals surface area contributed by atoms with Gasteiger partial charge in [0.1, 0.15) is 0 Å². The first-order valence-electron chi connectivity index (χ1n) is 3.62. The Hall–Kier alpha value is -0.995. The van der Waals surface area contributed by atoms with Crippen LogP contribution >= 0.6 is 0 Å². The van der Waals surface area contributed by atoms with Crippen LogP contribution in [0.3, 0.4) is 0 Å². The summed E-state index contributed by atoms with van der Waals surface area (Å²) < 4.78 is 0. The van der Waals surface area contributed by atoms with Gasteiger partial charge in [-0.3, -0.25) is 0 Å². The molecule has 3 nitrogen and oxygen atoms in total. The molecule has 2 aliphatic rings. The molecule has 0 atom stereocenters. The molecule has 63 valence electrons. The van der Waals surface area contributed by atoms with Crippen LogP contribution in [0.4, 0.5) is 5.69 Å². The van der Waals surface area contributed by atoms with Crippen molar-refractivity contribution in [2.75, 3.05) is 19.0 Å². The fourth-order valence-electron chi connectivity index (χ4n) is 1.13. The van der Waals surface area contributed by atoms with Crippen molar-refractivity contribution in [3.63, 3.8) is 0 Å². The van der Waals surface area contributed by atoms with Gasteiger partial charge in [-0.15, -0.1) is 0 Å². The average molecular weight is 164 g/mol. The second-order valence-corrected chi connectivity index (χ2v) is 2.74. The third-order valence-electron chi connectivity index (χ3n) is 1.71. The Bertz CT molecular complexity index is 276. The molecule has 12 heavy (non-hydrogen) atoms. The molecule has 0 aromatic carbocycles. The van der Waals surface area contributed by atoms with E-state index in [2.05, 4.69) is 37.2 Å². The number of rotatable bonds is 1. The van der Waals surface area contributed by atoms with Gasteiger partial charge in [0.05, 0.1) is 0 Å². The number of benzene rings is 1. The van der Waals surface area contributed by atoms with Gasteiger partial charge >= 0.3 is 7.69 Å². The normalized spacial score (nSPS) is 9.67. The van der Waals surface area contributed by atoms with Gasteiger partial charge in [-0.2, -0.15) is 0 Å². The third-order valence-corrected chi connectivity index (χ3v) is 1.71. The molecule has 0 aromatic rings. The molecule has 0 saturated carbocycles. The minimum atomic E-state index is 0. The van der Waals surface area contributed by atoms with Crippen LogP contribution in [-0.4, -0.2) is 31.8 Å². The molecule has 2 rings (SSSR count). The Labute approximate surface area is 72.6 Å². The first-order chi connectivity index (χ1) is 5.70. The van der Waals surface area contributed by atoms with Gasteiger partial charge in [0.2, 0.25) is 0 Å². The smallest absolute Gasteiger partial charge is 0.429 e. The van der Waals surface area contributed by atoms with E-state index >= 15 is 0 Å². The lowest BCUT2D eigenvalue weighted by Gasteiger charge is -2.08. The van der Waals surface area contributed by atoms with Gasteiger partial charge in [-0.25, -0.2) is 0 Å². The highest BCUT2D eigenvalue weighted by Crippen LogP contribution is 2.42. The molecule has 1 radical (unpaired) electrons. The summed E-state index contributed by atoms with van der Waals surface area (Å²) in [6.07, 6.45) is 0. The van der Waals surface area contributed by atoms with Crippen LogP contribution < -0.4 is 4.90 Å². The molecule has 4 heteroatoms. The van der Waals surface area contributed by atoms with E-state index in [0.717, 1.165) is 0 Å². The Morgan fingerprint density at radius 3 is 2.00 bits per heavy atom. The van der Waals surface area contributed by atoms with Crippen LogP contribution in [0.15, 0.2) is 18.2 Å². The number of fused-ring (bicyclic) bond motifs is 1. The van der Waals surface area contributed by atoms with Crippen molar-refractivity contribution in [3.05, 3.63) is 18.2 Å². The first kappa shape index (κ1) is 9.10. The molecule has 0 heterocycles. The maximum atomic E-state index is 7.00. The molecule has 0 bridgehead atoms. The SMILES string of the molecule is CN(C)c1ccc2cc1-2.O[B]O. The van der Waals surface area contributed by atoms with E-state index in [-0.39, 0.29) is 7.69 Å². The number of hydrogen-bond donors (Lipinski definition) is 2. The van der Waals surface area contributed by atoms with Crippen molar-refractivity contribution in [1.82, 2.24) is 0 Å². The van der Waals surface area contributed by atoms with Crippen LogP contribution in [0.1, 0.15) is 0 Å². The van der Waals surface area contributed by atoms with Crippen molar-refractivity contribution in [1.29, 1.82) is 0 Å². The van der Waals surface area contributed by atoms with E-state index in [1.165, 1.54) is 16.8 Å². The van der Waals surface area contributed by atoms with Gasteiger partial charge in [0.25, 0.3) is 0 Å². The largest absolute Gasteiger partial charge is 0.482 e. The molecule has 0 saturated heterocycles. The predicted octanol–water partition coefficient (Wildman–Crippen LogP) is 0.238. The van der Waals surface area contributed by atoms with E-state index in [4.69, 9.17) is 10.0 Å². The zero-order valence-electron chi connectivity index (χ0n) is 7.15. The Kier molecular flexibility index (Phi) is 2.73. The maximum Gasteiger partial charge on any atom is 0.482 e. The summed E-state index contributed by atoms with van der Waals surface area (Å²) in [6.45, 7) is 0. The summed E-state index contributed by atoms with van der Waals surface area (Å²) in [5.74, 6) is 0. The van der Waals surface area contributed by atoms with E-state index in [1.807, 2.05) is 0 Å².